The van der Waals surface area contributed by atoms with E-state index in [9.17, 15) is 0 Å². The zero-order valence-electron chi connectivity index (χ0n) is 27.3. The molecule has 0 saturated heterocycles. The van der Waals surface area contributed by atoms with Crippen molar-refractivity contribution in [2.75, 3.05) is 0 Å². The molecule has 0 spiro atoms. The molecule has 1 aliphatic carbocycles. The van der Waals surface area contributed by atoms with Crippen molar-refractivity contribution in [2.24, 2.45) is 0 Å². The Hall–Kier alpha value is -1.58. The van der Waals surface area contributed by atoms with E-state index in [2.05, 4.69) is 145 Å². The second-order valence-corrected chi connectivity index (χ2v) is 17.0. The first-order valence-corrected chi connectivity index (χ1v) is 19.2. The Morgan fingerprint density at radius 1 is 0.533 bits per heavy atom. The third-order valence-corrected chi connectivity index (χ3v) is 15.9. The van der Waals surface area contributed by atoms with Crippen molar-refractivity contribution in [2.45, 2.75) is 91.0 Å². The molecule has 236 valence electrons. The molecule has 1 unspecified atom stereocenters. The van der Waals surface area contributed by atoms with Gasteiger partial charge >= 0.3 is 269 Å². The number of benzene rings is 4. The van der Waals surface area contributed by atoms with Gasteiger partial charge in [-0.3, -0.25) is 0 Å². The van der Waals surface area contributed by atoms with E-state index in [-0.39, 0.29) is 37.2 Å². The molecule has 5 rings (SSSR count). The Morgan fingerprint density at radius 3 is 1.24 bits per heavy atom. The Balaban J connectivity index is 0.00000235. The molecular formula is C40H47Cl3SiTi. The van der Waals surface area contributed by atoms with Gasteiger partial charge in [0.15, 0.2) is 0 Å². The van der Waals surface area contributed by atoms with Crippen molar-refractivity contribution in [1.82, 2.24) is 0 Å². The topological polar surface area (TPSA) is 0 Å². The minimum atomic E-state index is -2.57. The second-order valence-electron chi connectivity index (χ2n) is 12.3. The van der Waals surface area contributed by atoms with Crippen LogP contribution in [-0.4, -0.2) is 8.07 Å². The fourth-order valence-corrected chi connectivity index (χ4v) is 13.5. The van der Waals surface area contributed by atoms with E-state index in [0.717, 1.165) is 19.3 Å². The quantitative estimate of drug-likeness (QED) is 0.134. The summed E-state index contributed by atoms with van der Waals surface area (Å²) in [6.07, 6.45) is 10.9. The maximum Gasteiger partial charge on any atom is -1.00 e. The van der Waals surface area contributed by atoms with Crippen LogP contribution in [0, 0.1) is 0 Å². The van der Waals surface area contributed by atoms with Crippen molar-refractivity contribution in [3.63, 3.8) is 0 Å². The van der Waals surface area contributed by atoms with E-state index in [1.54, 1.807) is 5.57 Å². The molecule has 4 aromatic carbocycles. The molecule has 0 saturated carbocycles. The molecule has 0 amide bonds. The van der Waals surface area contributed by atoms with Gasteiger partial charge in [-0.1, -0.05) is 0 Å². The molecule has 0 heterocycles. The van der Waals surface area contributed by atoms with Crippen LogP contribution < -0.4 is 52.8 Å². The fraction of sp³-hybridized carbons (Fsp3) is 0.350. The SMILES string of the molecule is CCCCc1ccc([Si](c2ccc(CCCC)cc2)(c2ccc(CCCC)cc2)C2C(C)=[C]([Ti+3])c3ccccc32)cc1.[Cl-].[Cl-].[Cl-]. The number of aryl methyl sites for hydroxylation is 3. The minimum Gasteiger partial charge on any atom is -1.00 e. The van der Waals surface area contributed by atoms with Crippen molar-refractivity contribution in [3.05, 3.63) is 130 Å². The standard InChI is InChI=1S/C40H47Si.3ClH.Ti/c1-5-8-13-32-18-24-36(25-19-32)41(37-26-20-33(21-27-37)14-9-6-2,38-28-22-34(23-29-38)15-10-7-3)40-31(4)30-35-16-11-12-17-39(35)40;;;;/h11-12,16-29,40H,5-10,13-15H2,1-4H3;3*1H;/q;;;;+3/p-3. The summed E-state index contributed by atoms with van der Waals surface area (Å²) >= 11 is 2.35. The predicted molar refractivity (Wildman–Crippen MR) is 182 cm³/mol. The molecule has 0 aliphatic heterocycles. The average molecular weight is 710 g/mol. The van der Waals surface area contributed by atoms with E-state index in [4.69, 9.17) is 0 Å². The van der Waals surface area contributed by atoms with Gasteiger partial charge < -0.3 is 37.2 Å². The fourth-order valence-electron chi connectivity index (χ4n) is 7.07. The van der Waals surface area contributed by atoms with E-state index in [1.165, 1.54) is 85.8 Å². The normalized spacial score (nSPS) is 13.9. The summed E-state index contributed by atoms with van der Waals surface area (Å²) in [7, 11) is -2.57. The molecule has 0 nitrogen and oxygen atoms in total. The van der Waals surface area contributed by atoms with Crippen molar-refractivity contribution in [3.8, 4) is 0 Å². The van der Waals surface area contributed by atoms with E-state index in [1.807, 2.05) is 0 Å². The van der Waals surface area contributed by atoms with Crippen LogP contribution in [0.15, 0.2) is 103 Å². The maximum atomic E-state index is 2.51. The minimum absolute atomic E-state index is 0. The van der Waals surface area contributed by atoms with Crippen LogP contribution in [-0.2, 0) is 39.7 Å². The number of hydrogen-bond acceptors (Lipinski definition) is 0. The van der Waals surface area contributed by atoms with Crippen LogP contribution in [0.4, 0.5) is 0 Å². The van der Waals surface area contributed by atoms with Gasteiger partial charge in [-0.05, 0) is 0 Å². The summed E-state index contributed by atoms with van der Waals surface area (Å²) < 4.78 is 1.46. The Labute approximate surface area is 304 Å². The molecular weight excluding hydrogens is 663 g/mol. The van der Waals surface area contributed by atoms with Gasteiger partial charge in [-0.15, -0.1) is 0 Å². The van der Waals surface area contributed by atoms with Crippen LogP contribution in [0.25, 0.3) is 3.88 Å². The van der Waals surface area contributed by atoms with E-state index >= 15 is 0 Å². The Morgan fingerprint density at radius 2 is 0.889 bits per heavy atom. The summed E-state index contributed by atoms with van der Waals surface area (Å²) in [5.74, 6) is 0. The van der Waals surface area contributed by atoms with Crippen LogP contribution in [0.1, 0.15) is 99.6 Å². The first-order valence-electron chi connectivity index (χ1n) is 16.3. The summed E-state index contributed by atoms with van der Waals surface area (Å²) in [6.45, 7) is 9.28. The number of fused-ring (bicyclic) bond motifs is 1. The first-order chi connectivity index (χ1) is 20.5. The molecule has 0 aromatic heterocycles. The predicted octanol–water partition coefficient (Wildman–Crippen LogP) is -0.189. The van der Waals surface area contributed by atoms with Crippen molar-refractivity contribution < 1.29 is 57.7 Å². The molecule has 0 fully saturated rings. The van der Waals surface area contributed by atoms with Gasteiger partial charge in [-0.25, -0.2) is 0 Å². The van der Waals surface area contributed by atoms with E-state index < -0.39 is 8.07 Å². The zero-order valence-corrected chi connectivity index (χ0v) is 32.1. The molecule has 1 atom stereocenters. The van der Waals surface area contributed by atoms with Gasteiger partial charge in [0.1, 0.15) is 0 Å². The van der Waals surface area contributed by atoms with Gasteiger partial charge in [0.2, 0.25) is 0 Å². The van der Waals surface area contributed by atoms with Crippen molar-refractivity contribution >= 4 is 27.5 Å². The maximum absolute atomic E-state index is 2.57. The van der Waals surface area contributed by atoms with Gasteiger partial charge in [0, 0.05) is 0 Å². The van der Waals surface area contributed by atoms with Crippen LogP contribution in [0.5, 0.6) is 0 Å². The molecule has 4 aromatic rings. The van der Waals surface area contributed by atoms with Crippen LogP contribution >= 0.6 is 0 Å². The van der Waals surface area contributed by atoms with Gasteiger partial charge in [0.05, 0.1) is 0 Å². The number of allylic oxidation sites excluding steroid dienone is 1. The van der Waals surface area contributed by atoms with Crippen molar-refractivity contribution in [1.29, 1.82) is 0 Å². The summed E-state index contributed by atoms with van der Waals surface area (Å²) in [5, 5.41) is 4.58. The average Bonchev–Trinajstić information content (AvgIpc) is 3.29. The summed E-state index contributed by atoms with van der Waals surface area (Å²) in [6, 6.07) is 38.9. The number of rotatable bonds is 13. The molecule has 0 bridgehead atoms. The third kappa shape index (κ3) is 8.29. The zero-order chi connectivity index (χ0) is 29.5. The smallest absolute Gasteiger partial charge is 1.00 e. The summed E-state index contributed by atoms with van der Waals surface area (Å²) in [5.41, 5.74) is 9.24. The number of halogens is 3. The molecule has 45 heavy (non-hydrogen) atoms. The van der Waals surface area contributed by atoms with Crippen LogP contribution in [0.2, 0.25) is 0 Å². The second kappa shape index (κ2) is 18.7. The largest absolute Gasteiger partial charge is 1.00 e. The Kier molecular flexibility index (Phi) is 16.4. The van der Waals surface area contributed by atoms with E-state index in [0.29, 0.717) is 5.54 Å². The van der Waals surface area contributed by atoms with Gasteiger partial charge in [0.25, 0.3) is 0 Å². The molecule has 5 heteroatoms. The number of unbranched alkanes of at least 4 members (excludes halogenated alkanes) is 3. The number of hydrogen-bond donors (Lipinski definition) is 0. The molecule has 0 N–H and O–H groups in total. The van der Waals surface area contributed by atoms with Crippen LogP contribution in [0.3, 0.4) is 0 Å². The van der Waals surface area contributed by atoms with Gasteiger partial charge in [-0.2, -0.15) is 0 Å². The monoisotopic (exact) mass is 708 g/mol. The first kappa shape index (κ1) is 39.6. The third-order valence-electron chi connectivity index (χ3n) is 9.49. The summed E-state index contributed by atoms with van der Waals surface area (Å²) in [4.78, 5) is 0. The molecule has 1 aliphatic rings. The molecule has 0 radical (unpaired) electrons. The Bertz CT molecular complexity index is 1370.